The van der Waals surface area contributed by atoms with Gasteiger partial charge in [-0.25, -0.2) is 0 Å². The Bertz CT molecular complexity index is 464. The molecule has 0 saturated carbocycles. The van der Waals surface area contributed by atoms with Crippen LogP contribution in [0.4, 0.5) is 0 Å². The fourth-order valence-corrected chi connectivity index (χ4v) is 4.06. The molecule has 0 radical (unpaired) electrons. The summed E-state index contributed by atoms with van der Waals surface area (Å²) in [4.78, 5) is 0. The molecular weight excluding hydrogens is 344 g/mol. The van der Waals surface area contributed by atoms with Crippen molar-refractivity contribution in [2.75, 3.05) is 13.2 Å². The molecule has 2 atom stereocenters. The van der Waals surface area contributed by atoms with Gasteiger partial charge in [0.15, 0.2) is 16.6 Å². The molecule has 0 aromatic carbocycles. The minimum atomic E-state index is -1.79. The van der Waals surface area contributed by atoms with Gasteiger partial charge in [0.05, 0.1) is 13.2 Å². The van der Waals surface area contributed by atoms with Gasteiger partial charge in [0, 0.05) is 0 Å². The highest BCUT2D eigenvalue weighted by atomic mass is 28.4. The van der Waals surface area contributed by atoms with Crippen LogP contribution < -0.4 is 0 Å². The first-order chi connectivity index (χ1) is 11.0. The molecule has 1 heterocycles. The van der Waals surface area contributed by atoms with Gasteiger partial charge in [0.25, 0.3) is 0 Å². The summed E-state index contributed by atoms with van der Waals surface area (Å²) in [5.41, 5.74) is 1.92. The Labute approximate surface area is 158 Å². The van der Waals surface area contributed by atoms with Gasteiger partial charge in [-0.05, 0) is 47.4 Å². The quantitative estimate of drug-likeness (QED) is 0.533. The minimum Gasteiger partial charge on any atom is -0.414 e. The molecule has 5 heteroatoms. The van der Waals surface area contributed by atoms with E-state index in [9.17, 15) is 0 Å². The van der Waals surface area contributed by atoms with E-state index in [1.165, 1.54) is 0 Å². The van der Waals surface area contributed by atoms with Gasteiger partial charge in [-0.2, -0.15) is 0 Å². The molecule has 1 rings (SSSR count). The van der Waals surface area contributed by atoms with Crippen molar-refractivity contribution in [1.29, 1.82) is 0 Å². The maximum atomic E-state index is 6.32. The second-order valence-electron chi connectivity index (χ2n) is 10.3. The highest BCUT2D eigenvalue weighted by molar-refractivity contribution is 6.74. The zero-order valence-corrected chi connectivity index (χ0v) is 20.2. The van der Waals surface area contributed by atoms with E-state index in [0.29, 0.717) is 13.2 Å². The van der Waals surface area contributed by atoms with Crippen LogP contribution >= 0.6 is 0 Å². The molecular formula is C20H40O3Si2. The van der Waals surface area contributed by atoms with E-state index in [0.717, 1.165) is 11.1 Å². The lowest BCUT2D eigenvalue weighted by molar-refractivity contribution is 0.00796. The Morgan fingerprint density at radius 1 is 0.760 bits per heavy atom. The zero-order valence-electron chi connectivity index (χ0n) is 18.2. The summed E-state index contributed by atoms with van der Waals surface area (Å²) in [6.45, 7) is 32.0. The Hall–Kier alpha value is -0.206. The second kappa shape index (κ2) is 7.43. The number of ether oxygens (including phenoxy) is 1. The lowest BCUT2D eigenvalue weighted by atomic mass is 10.0. The standard InChI is InChI=1S/C20H40O3Si2/c1-15-16(2)18(14-22-25(11,12)20(6,7)8)23-17(15)13-21-24(9,10)19(3,4)5/h17-18H,1-2,13-14H2,3-12H3/t17-,18+. The summed E-state index contributed by atoms with van der Waals surface area (Å²) < 4.78 is 18.8. The van der Waals surface area contributed by atoms with Crippen LogP contribution in [0.25, 0.3) is 0 Å². The lowest BCUT2D eigenvalue weighted by Crippen LogP contribution is -2.43. The molecule has 25 heavy (non-hydrogen) atoms. The monoisotopic (exact) mass is 384 g/mol. The average molecular weight is 385 g/mol. The van der Waals surface area contributed by atoms with Crippen molar-refractivity contribution >= 4 is 16.6 Å². The first-order valence-corrected chi connectivity index (χ1v) is 15.1. The highest BCUT2D eigenvalue weighted by Gasteiger charge is 2.42. The summed E-state index contributed by atoms with van der Waals surface area (Å²) >= 11 is 0. The van der Waals surface area contributed by atoms with Gasteiger partial charge in [-0.3, -0.25) is 0 Å². The van der Waals surface area contributed by atoms with Crippen molar-refractivity contribution in [2.45, 2.75) is 90.0 Å². The van der Waals surface area contributed by atoms with Crippen molar-refractivity contribution in [1.82, 2.24) is 0 Å². The van der Waals surface area contributed by atoms with Gasteiger partial charge < -0.3 is 13.6 Å². The highest BCUT2D eigenvalue weighted by Crippen LogP contribution is 2.39. The Balaban J connectivity index is 2.67. The van der Waals surface area contributed by atoms with E-state index in [1.54, 1.807) is 0 Å². The van der Waals surface area contributed by atoms with E-state index in [4.69, 9.17) is 13.6 Å². The van der Waals surface area contributed by atoms with Crippen molar-refractivity contribution in [3.63, 3.8) is 0 Å². The van der Waals surface area contributed by atoms with Crippen LogP contribution in [0.15, 0.2) is 24.3 Å². The molecule has 1 aliphatic heterocycles. The summed E-state index contributed by atoms with van der Waals surface area (Å²) in [5.74, 6) is 0. The molecule has 1 saturated heterocycles. The number of hydrogen-bond acceptors (Lipinski definition) is 3. The van der Waals surface area contributed by atoms with Crippen molar-refractivity contribution in [3.8, 4) is 0 Å². The Morgan fingerprint density at radius 3 is 1.28 bits per heavy atom. The maximum Gasteiger partial charge on any atom is 0.192 e. The SMILES string of the molecule is C=C1C(=C)[C@@H](CO[Si](C)(C)C(C)(C)C)O[C@H]1CO[Si](C)(C)C(C)(C)C. The topological polar surface area (TPSA) is 27.7 Å². The summed E-state index contributed by atoms with van der Waals surface area (Å²) in [5, 5.41) is 0.379. The average Bonchev–Trinajstić information content (AvgIpc) is 2.68. The molecule has 1 fully saturated rings. The maximum absolute atomic E-state index is 6.32. The molecule has 0 unspecified atom stereocenters. The molecule has 0 bridgehead atoms. The minimum absolute atomic E-state index is 0.102. The Kier molecular flexibility index (Phi) is 6.79. The predicted molar refractivity (Wildman–Crippen MR) is 113 cm³/mol. The molecule has 146 valence electrons. The van der Waals surface area contributed by atoms with E-state index < -0.39 is 16.6 Å². The van der Waals surface area contributed by atoms with Gasteiger partial charge in [-0.1, -0.05) is 54.7 Å². The zero-order chi connectivity index (χ0) is 19.8. The van der Waals surface area contributed by atoms with Gasteiger partial charge >= 0.3 is 0 Å². The Morgan fingerprint density at radius 2 is 1.04 bits per heavy atom. The fourth-order valence-electron chi connectivity index (χ4n) is 2.06. The van der Waals surface area contributed by atoms with Crippen LogP contribution in [0.5, 0.6) is 0 Å². The van der Waals surface area contributed by atoms with Crippen LogP contribution in [0.2, 0.25) is 36.3 Å². The molecule has 0 aromatic heterocycles. The summed E-state index contributed by atoms with van der Waals surface area (Å²) in [7, 11) is -3.59. The van der Waals surface area contributed by atoms with Gasteiger partial charge in [0.1, 0.15) is 12.2 Å². The van der Waals surface area contributed by atoms with Crippen LogP contribution in [-0.2, 0) is 13.6 Å². The summed E-state index contributed by atoms with van der Waals surface area (Å²) in [6.07, 6.45) is -0.204. The van der Waals surface area contributed by atoms with E-state index >= 15 is 0 Å². The third-order valence-corrected chi connectivity index (χ3v) is 15.3. The molecule has 0 N–H and O–H groups in total. The molecule has 0 aliphatic carbocycles. The van der Waals surface area contributed by atoms with Gasteiger partial charge in [0.2, 0.25) is 0 Å². The number of rotatable bonds is 6. The van der Waals surface area contributed by atoms with E-state index in [-0.39, 0.29) is 22.3 Å². The molecule has 1 aliphatic rings. The van der Waals surface area contributed by atoms with Crippen LogP contribution in [-0.4, -0.2) is 42.1 Å². The van der Waals surface area contributed by atoms with Crippen molar-refractivity contribution < 1.29 is 13.6 Å². The van der Waals surface area contributed by atoms with Crippen molar-refractivity contribution in [3.05, 3.63) is 24.3 Å². The third kappa shape index (κ3) is 5.39. The third-order valence-electron chi connectivity index (χ3n) is 6.32. The fraction of sp³-hybridized carbons (Fsp3) is 0.800. The summed E-state index contributed by atoms with van der Waals surface area (Å²) in [6, 6.07) is 0. The van der Waals surface area contributed by atoms with Gasteiger partial charge in [-0.15, -0.1) is 0 Å². The van der Waals surface area contributed by atoms with E-state index in [1.807, 2.05) is 0 Å². The number of hydrogen-bond donors (Lipinski definition) is 0. The first-order valence-electron chi connectivity index (χ1n) is 9.31. The normalized spacial score (nSPS) is 23.4. The second-order valence-corrected chi connectivity index (χ2v) is 19.9. The first kappa shape index (κ1) is 22.8. The van der Waals surface area contributed by atoms with Crippen LogP contribution in [0.1, 0.15) is 41.5 Å². The largest absolute Gasteiger partial charge is 0.414 e. The van der Waals surface area contributed by atoms with Crippen LogP contribution in [0, 0.1) is 0 Å². The molecule has 0 spiro atoms. The van der Waals surface area contributed by atoms with E-state index in [2.05, 4.69) is 80.9 Å². The van der Waals surface area contributed by atoms with Crippen molar-refractivity contribution in [2.24, 2.45) is 0 Å². The molecule has 0 aromatic rings. The molecule has 3 nitrogen and oxygen atoms in total. The van der Waals surface area contributed by atoms with Crippen LogP contribution in [0.3, 0.4) is 0 Å². The predicted octanol–water partition coefficient (Wildman–Crippen LogP) is 5.91. The lowest BCUT2D eigenvalue weighted by Gasteiger charge is -2.37. The smallest absolute Gasteiger partial charge is 0.192 e. The molecule has 0 amide bonds.